The third-order valence-electron chi connectivity index (χ3n) is 8.76. The van der Waals surface area contributed by atoms with Crippen molar-refractivity contribution in [3.63, 3.8) is 0 Å². The fourth-order valence-electron chi connectivity index (χ4n) is 6.81. The molecule has 0 unspecified atom stereocenters. The van der Waals surface area contributed by atoms with Gasteiger partial charge in [0.2, 0.25) is 11.8 Å². The number of primary amides is 1. The summed E-state index contributed by atoms with van der Waals surface area (Å²) in [5.41, 5.74) is 7.97. The number of hydrogen-bond acceptors (Lipinski definition) is 7. The number of ketones is 1. The predicted molar refractivity (Wildman–Crippen MR) is 140 cm³/mol. The van der Waals surface area contributed by atoms with Crippen LogP contribution in [0.5, 0.6) is 0 Å². The lowest BCUT2D eigenvalue weighted by molar-refractivity contribution is -0.139. The number of ether oxygens (including phenoxy) is 2. The van der Waals surface area contributed by atoms with Crippen molar-refractivity contribution in [2.24, 2.45) is 11.7 Å². The molecule has 9 heteroatoms. The average molecular weight is 513 g/mol. The average Bonchev–Trinajstić information content (AvgIpc) is 3.64. The van der Waals surface area contributed by atoms with Crippen LogP contribution in [-0.4, -0.2) is 98.1 Å². The predicted octanol–water partition coefficient (Wildman–Crippen LogP) is 1.79. The van der Waals surface area contributed by atoms with Gasteiger partial charge in [0.1, 0.15) is 24.9 Å². The van der Waals surface area contributed by atoms with Crippen LogP contribution in [0.25, 0.3) is 0 Å². The molecule has 0 aromatic heterocycles. The number of carbonyl (C=O) groups excluding carboxylic acids is 3. The van der Waals surface area contributed by atoms with Crippen molar-refractivity contribution in [3.05, 3.63) is 29.3 Å². The maximum Gasteiger partial charge on any atom is 0.249 e. The molecule has 1 aliphatic carbocycles. The number of hydrogen-bond donors (Lipinski definition) is 1. The van der Waals surface area contributed by atoms with E-state index in [0.717, 1.165) is 64.1 Å². The summed E-state index contributed by atoms with van der Waals surface area (Å²) >= 11 is 0. The van der Waals surface area contributed by atoms with Gasteiger partial charge in [0, 0.05) is 44.0 Å². The molecule has 0 bridgehead atoms. The van der Waals surface area contributed by atoms with Crippen LogP contribution in [0.1, 0.15) is 61.4 Å². The largest absolute Gasteiger partial charge is 0.374 e. The minimum absolute atomic E-state index is 0.00252. The fourth-order valence-corrected chi connectivity index (χ4v) is 6.81. The van der Waals surface area contributed by atoms with Gasteiger partial charge < -0.3 is 29.9 Å². The molecule has 1 aromatic rings. The SMILES string of the molecule is CCO[C@H]1CN(C(=O)[C@H](c2cc(N3CCN(CC)CC3)ccc2C(N)=O)C2CCCC2)[C@@H]2C(=O)CO[C@H]12. The molecular formula is C28H40N4O5. The van der Waals surface area contributed by atoms with Crippen molar-refractivity contribution in [1.29, 1.82) is 0 Å². The van der Waals surface area contributed by atoms with Crippen molar-refractivity contribution in [2.75, 3.05) is 57.4 Å². The van der Waals surface area contributed by atoms with Gasteiger partial charge in [-0.2, -0.15) is 0 Å². The number of carbonyl (C=O) groups is 3. The maximum atomic E-state index is 14.4. The Labute approximate surface area is 219 Å². The molecule has 4 atom stereocenters. The monoisotopic (exact) mass is 512 g/mol. The zero-order valence-corrected chi connectivity index (χ0v) is 22.1. The highest BCUT2D eigenvalue weighted by atomic mass is 16.6. The summed E-state index contributed by atoms with van der Waals surface area (Å²) in [5, 5.41) is 0. The summed E-state index contributed by atoms with van der Waals surface area (Å²) in [6.45, 7) is 9.66. The van der Waals surface area contributed by atoms with Crippen LogP contribution in [0.4, 0.5) is 5.69 Å². The van der Waals surface area contributed by atoms with Crippen molar-refractivity contribution in [3.8, 4) is 0 Å². The third-order valence-corrected chi connectivity index (χ3v) is 8.76. The number of nitrogens with two attached hydrogens (primary N) is 1. The summed E-state index contributed by atoms with van der Waals surface area (Å²) in [6.07, 6.45) is 3.16. The Morgan fingerprint density at radius 3 is 2.51 bits per heavy atom. The van der Waals surface area contributed by atoms with Crippen molar-refractivity contribution >= 4 is 23.3 Å². The molecule has 1 aromatic carbocycles. The van der Waals surface area contributed by atoms with Crippen molar-refractivity contribution in [2.45, 2.75) is 63.7 Å². The third kappa shape index (κ3) is 5.01. The van der Waals surface area contributed by atoms with Gasteiger partial charge in [0.25, 0.3) is 0 Å². The summed E-state index contributed by atoms with van der Waals surface area (Å²) in [7, 11) is 0. The number of likely N-dealkylation sites (tertiary alicyclic amines) is 1. The fraction of sp³-hybridized carbons (Fsp3) is 0.679. The molecule has 0 radical (unpaired) electrons. The molecule has 3 saturated heterocycles. The Balaban J connectivity index is 1.51. The number of rotatable bonds is 8. The summed E-state index contributed by atoms with van der Waals surface area (Å²) in [5.74, 6) is -1.15. The number of likely N-dealkylation sites (N-methyl/N-ethyl adjacent to an activating group) is 1. The zero-order valence-electron chi connectivity index (χ0n) is 22.1. The van der Waals surface area contributed by atoms with Crippen LogP contribution in [0, 0.1) is 5.92 Å². The molecule has 3 heterocycles. The second-order valence-electron chi connectivity index (χ2n) is 10.8. The first-order valence-electron chi connectivity index (χ1n) is 13.9. The van der Waals surface area contributed by atoms with Crippen molar-refractivity contribution in [1.82, 2.24) is 9.80 Å². The van der Waals surface area contributed by atoms with E-state index in [1.54, 1.807) is 11.0 Å². The Hall–Kier alpha value is -2.49. The van der Waals surface area contributed by atoms with E-state index >= 15 is 0 Å². The van der Waals surface area contributed by atoms with E-state index in [1.807, 2.05) is 19.1 Å². The van der Waals surface area contributed by atoms with Gasteiger partial charge in [-0.3, -0.25) is 14.4 Å². The highest BCUT2D eigenvalue weighted by molar-refractivity contribution is 5.99. The second-order valence-corrected chi connectivity index (χ2v) is 10.8. The Morgan fingerprint density at radius 1 is 1.14 bits per heavy atom. The summed E-state index contributed by atoms with van der Waals surface area (Å²) in [6, 6.07) is 5.12. The van der Waals surface area contributed by atoms with E-state index in [0.29, 0.717) is 24.3 Å². The van der Waals surface area contributed by atoms with E-state index in [1.165, 1.54) is 0 Å². The molecule has 4 aliphatic rings. The van der Waals surface area contributed by atoms with E-state index in [4.69, 9.17) is 15.2 Å². The summed E-state index contributed by atoms with van der Waals surface area (Å²) in [4.78, 5) is 46.3. The minimum atomic E-state index is -0.629. The van der Waals surface area contributed by atoms with Crippen LogP contribution in [0.2, 0.25) is 0 Å². The maximum absolute atomic E-state index is 14.4. The lowest BCUT2D eigenvalue weighted by Crippen LogP contribution is -2.46. The highest BCUT2D eigenvalue weighted by Crippen LogP contribution is 2.43. The molecule has 202 valence electrons. The van der Waals surface area contributed by atoms with Crippen LogP contribution in [0.15, 0.2) is 18.2 Å². The Morgan fingerprint density at radius 2 is 1.86 bits per heavy atom. The van der Waals surface area contributed by atoms with E-state index in [2.05, 4.69) is 16.7 Å². The first-order chi connectivity index (χ1) is 17.9. The Bertz CT molecular complexity index is 1020. The second kappa shape index (κ2) is 11.1. The van der Waals surface area contributed by atoms with Gasteiger partial charge in [-0.15, -0.1) is 0 Å². The Kier molecular flexibility index (Phi) is 7.83. The van der Waals surface area contributed by atoms with E-state index < -0.39 is 24.0 Å². The molecule has 2 amide bonds. The topological polar surface area (TPSA) is 105 Å². The van der Waals surface area contributed by atoms with Gasteiger partial charge in [-0.05, 0) is 56.0 Å². The zero-order chi connectivity index (χ0) is 26.1. The van der Waals surface area contributed by atoms with Gasteiger partial charge in [0.15, 0.2) is 5.78 Å². The molecule has 2 N–H and O–H groups in total. The molecule has 4 fully saturated rings. The number of piperazine rings is 1. The van der Waals surface area contributed by atoms with Crippen LogP contribution in [-0.2, 0) is 19.1 Å². The number of Topliss-reactive ketones (excluding diaryl/α,β-unsaturated/α-hetero) is 1. The lowest BCUT2D eigenvalue weighted by Gasteiger charge is -2.36. The van der Waals surface area contributed by atoms with Crippen molar-refractivity contribution < 1.29 is 23.9 Å². The first-order valence-corrected chi connectivity index (χ1v) is 13.9. The van der Waals surface area contributed by atoms with Gasteiger partial charge in [0.05, 0.1) is 12.5 Å². The van der Waals surface area contributed by atoms with E-state index in [-0.39, 0.29) is 30.3 Å². The molecular weight excluding hydrogens is 472 g/mol. The molecule has 3 aliphatic heterocycles. The molecule has 1 saturated carbocycles. The normalized spacial score (nSPS) is 27.6. The number of amides is 2. The minimum Gasteiger partial charge on any atom is -0.374 e. The number of fused-ring (bicyclic) bond motifs is 1. The number of benzene rings is 1. The van der Waals surface area contributed by atoms with E-state index in [9.17, 15) is 14.4 Å². The smallest absolute Gasteiger partial charge is 0.249 e. The van der Waals surface area contributed by atoms with Crippen LogP contribution < -0.4 is 10.6 Å². The standard InChI is InChI=1S/C28H40N4O5/c1-3-30-11-13-31(14-12-30)19-9-10-20(27(29)34)21(15-19)24(18-7-5-6-8-18)28(35)32-16-23(36-4-2)26-25(32)22(33)17-37-26/h9-10,15,18,23-26H,3-8,11-14,16-17H2,1-2H3,(H2,29,34)/t23-,24-,25+,26+/m0/s1. The highest BCUT2D eigenvalue weighted by Gasteiger charge is 2.54. The van der Waals surface area contributed by atoms with Crippen LogP contribution in [0.3, 0.4) is 0 Å². The van der Waals surface area contributed by atoms with Gasteiger partial charge in [-0.25, -0.2) is 0 Å². The number of anilines is 1. The van der Waals surface area contributed by atoms with Gasteiger partial charge >= 0.3 is 0 Å². The number of nitrogens with zero attached hydrogens (tertiary/aromatic N) is 3. The molecule has 5 rings (SSSR count). The first kappa shape index (κ1) is 26.1. The molecule has 9 nitrogen and oxygen atoms in total. The lowest BCUT2D eigenvalue weighted by atomic mass is 9.80. The molecule has 37 heavy (non-hydrogen) atoms. The quantitative estimate of drug-likeness (QED) is 0.566. The van der Waals surface area contributed by atoms with Crippen LogP contribution >= 0.6 is 0 Å². The van der Waals surface area contributed by atoms with Gasteiger partial charge in [-0.1, -0.05) is 19.8 Å². The summed E-state index contributed by atoms with van der Waals surface area (Å²) < 4.78 is 11.6. The molecule has 0 spiro atoms.